The first kappa shape index (κ1) is 13.3. The highest BCUT2D eigenvalue weighted by atomic mass is 16.4. The topological polar surface area (TPSA) is 78.9 Å². The Labute approximate surface area is 124 Å². The standard InChI is InChI=1S/C16H23N3O2/c20-16(21)13(12(9-5-6-9)10-7-8-10)15-17-14(18-19-15)11-3-1-2-4-11/h9-13H,1-8H2,(H,20,21)(H,17,18,19). The van der Waals surface area contributed by atoms with Crippen molar-refractivity contribution < 1.29 is 9.90 Å². The zero-order chi connectivity index (χ0) is 14.4. The van der Waals surface area contributed by atoms with Crippen LogP contribution in [0.3, 0.4) is 0 Å². The predicted molar refractivity (Wildman–Crippen MR) is 76.9 cm³/mol. The molecule has 2 N–H and O–H groups in total. The summed E-state index contributed by atoms with van der Waals surface area (Å²) in [5, 5.41) is 17.1. The van der Waals surface area contributed by atoms with Crippen molar-refractivity contribution in [3.63, 3.8) is 0 Å². The van der Waals surface area contributed by atoms with Crippen molar-refractivity contribution in [2.45, 2.75) is 63.2 Å². The summed E-state index contributed by atoms with van der Waals surface area (Å²) in [6.07, 6.45) is 9.54. The largest absolute Gasteiger partial charge is 0.481 e. The fourth-order valence-corrected chi connectivity index (χ4v) is 4.15. The average Bonchev–Trinajstić information content (AvgIpc) is 3.37. The number of carboxylic acids is 1. The second-order valence-corrected chi connectivity index (χ2v) is 7.13. The van der Waals surface area contributed by atoms with Gasteiger partial charge in [-0.05, 0) is 56.3 Å². The predicted octanol–water partition coefficient (Wildman–Crippen LogP) is 3.07. The zero-order valence-electron chi connectivity index (χ0n) is 12.3. The van der Waals surface area contributed by atoms with Crippen LogP contribution in [0.15, 0.2) is 0 Å². The van der Waals surface area contributed by atoms with Gasteiger partial charge in [-0.15, -0.1) is 0 Å². The molecule has 3 saturated carbocycles. The van der Waals surface area contributed by atoms with Crippen LogP contribution in [0.5, 0.6) is 0 Å². The summed E-state index contributed by atoms with van der Waals surface area (Å²) in [6, 6.07) is 0. The summed E-state index contributed by atoms with van der Waals surface area (Å²) < 4.78 is 0. The number of nitrogens with one attached hydrogen (secondary N) is 1. The summed E-state index contributed by atoms with van der Waals surface area (Å²) >= 11 is 0. The van der Waals surface area contributed by atoms with Gasteiger partial charge >= 0.3 is 5.97 Å². The van der Waals surface area contributed by atoms with Crippen molar-refractivity contribution in [3.05, 3.63) is 11.6 Å². The number of carboxylic acid groups (broad SMARTS) is 1. The van der Waals surface area contributed by atoms with Gasteiger partial charge in [0.2, 0.25) is 0 Å². The molecule has 4 rings (SSSR count). The first-order valence-electron chi connectivity index (χ1n) is 8.39. The van der Waals surface area contributed by atoms with Crippen molar-refractivity contribution in [2.24, 2.45) is 17.8 Å². The van der Waals surface area contributed by atoms with Crippen LogP contribution in [-0.4, -0.2) is 26.3 Å². The summed E-state index contributed by atoms with van der Waals surface area (Å²) in [5.74, 6) is 2.11. The normalized spacial score (nSPS) is 24.6. The molecular formula is C16H23N3O2. The summed E-state index contributed by atoms with van der Waals surface area (Å²) in [6.45, 7) is 0. The third-order valence-corrected chi connectivity index (χ3v) is 5.52. The monoisotopic (exact) mass is 289 g/mol. The SMILES string of the molecule is O=C(O)C(c1n[nH]c(C2CCCC2)n1)C(C1CC1)C1CC1. The molecule has 0 aromatic carbocycles. The van der Waals surface area contributed by atoms with Gasteiger partial charge in [0.15, 0.2) is 5.82 Å². The molecule has 1 aromatic heterocycles. The minimum atomic E-state index is -0.740. The molecule has 5 heteroatoms. The lowest BCUT2D eigenvalue weighted by molar-refractivity contribution is -0.141. The van der Waals surface area contributed by atoms with E-state index in [2.05, 4.69) is 15.2 Å². The molecule has 0 spiro atoms. The fourth-order valence-electron chi connectivity index (χ4n) is 4.15. The molecule has 1 aromatic rings. The van der Waals surface area contributed by atoms with Gasteiger partial charge in [0.1, 0.15) is 11.7 Å². The van der Waals surface area contributed by atoms with E-state index in [0.717, 1.165) is 18.7 Å². The molecule has 114 valence electrons. The molecule has 1 unspecified atom stereocenters. The zero-order valence-corrected chi connectivity index (χ0v) is 12.3. The second kappa shape index (κ2) is 5.11. The van der Waals surface area contributed by atoms with Crippen LogP contribution in [-0.2, 0) is 4.79 Å². The molecule has 21 heavy (non-hydrogen) atoms. The third-order valence-electron chi connectivity index (χ3n) is 5.52. The van der Waals surface area contributed by atoms with Crippen LogP contribution >= 0.6 is 0 Å². The van der Waals surface area contributed by atoms with Gasteiger partial charge in [-0.2, -0.15) is 5.10 Å². The van der Waals surface area contributed by atoms with E-state index in [9.17, 15) is 9.90 Å². The summed E-state index contributed by atoms with van der Waals surface area (Å²) in [7, 11) is 0. The molecule has 3 aliphatic carbocycles. The Kier molecular flexibility index (Phi) is 3.23. The lowest BCUT2D eigenvalue weighted by atomic mass is 9.83. The summed E-state index contributed by atoms with van der Waals surface area (Å²) in [5.41, 5.74) is 0. The van der Waals surface area contributed by atoms with E-state index < -0.39 is 11.9 Å². The van der Waals surface area contributed by atoms with Crippen LogP contribution in [0.25, 0.3) is 0 Å². The van der Waals surface area contributed by atoms with Gasteiger partial charge in [-0.3, -0.25) is 9.89 Å². The van der Waals surface area contributed by atoms with E-state index in [1.807, 2.05) is 0 Å². The van der Waals surface area contributed by atoms with Crippen LogP contribution < -0.4 is 0 Å². The van der Waals surface area contributed by atoms with E-state index in [0.29, 0.717) is 23.6 Å². The smallest absolute Gasteiger partial charge is 0.314 e. The Morgan fingerprint density at radius 2 is 1.71 bits per heavy atom. The molecule has 3 aliphatic rings. The van der Waals surface area contributed by atoms with Crippen LogP contribution in [0.1, 0.15) is 74.9 Å². The molecule has 3 fully saturated rings. The minimum absolute atomic E-state index is 0.259. The Morgan fingerprint density at radius 3 is 2.24 bits per heavy atom. The maximum absolute atomic E-state index is 11.8. The molecule has 0 bridgehead atoms. The molecule has 0 aliphatic heterocycles. The van der Waals surface area contributed by atoms with Gasteiger partial charge < -0.3 is 5.11 Å². The minimum Gasteiger partial charge on any atom is -0.481 e. The number of aromatic amines is 1. The third kappa shape index (κ3) is 2.58. The molecular weight excluding hydrogens is 266 g/mol. The van der Waals surface area contributed by atoms with Gasteiger partial charge in [0.05, 0.1) is 0 Å². The van der Waals surface area contributed by atoms with Crippen LogP contribution in [0.2, 0.25) is 0 Å². The number of rotatable bonds is 6. The maximum Gasteiger partial charge on any atom is 0.314 e. The first-order valence-corrected chi connectivity index (χ1v) is 8.39. The van der Waals surface area contributed by atoms with Gasteiger partial charge in [-0.1, -0.05) is 12.8 Å². The van der Waals surface area contributed by atoms with Crippen molar-refractivity contribution in [2.75, 3.05) is 0 Å². The first-order chi connectivity index (χ1) is 10.2. The highest BCUT2D eigenvalue weighted by Gasteiger charge is 2.49. The molecule has 1 atom stereocenters. The van der Waals surface area contributed by atoms with E-state index in [-0.39, 0.29) is 5.92 Å². The van der Waals surface area contributed by atoms with Crippen molar-refractivity contribution in [1.29, 1.82) is 0 Å². The van der Waals surface area contributed by atoms with Gasteiger partial charge in [-0.25, -0.2) is 4.98 Å². The number of hydrogen-bond acceptors (Lipinski definition) is 3. The van der Waals surface area contributed by atoms with Crippen molar-refractivity contribution in [1.82, 2.24) is 15.2 Å². The highest BCUT2D eigenvalue weighted by Crippen LogP contribution is 2.54. The fraction of sp³-hybridized carbons (Fsp3) is 0.812. The van der Waals surface area contributed by atoms with Crippen LogP contribution in [0.4, 0.5) is 0 Å². The van der Waals surface area contributed by atoms with Crippen molar-refractivity contribution in [3.8, 4) is 0 Å². The highest BCUT2D eigenvalue weighted by molar-refractivity contribution is 5.75. The summed E-state index contributed by atoms with van der Waals surface area (Å²) in [4.78, 5) is 16.5. The Bertz CT molecular complexity index is 515. The van der Waals surface area contributed by atoms with E-state index in [1.54, 1.807) is 0 Å². The van der Waals surface area contributed by atoms with Gasteiger partial charge in [0.25, 0.3) is 0 Å². The van der Waals surface area contributed by atoms with Gasteiger partial charge in [0, 0.05) is 5.92 Å². The average molecular weight is 289 g/mol. The number of carbonyl (C=O) groups is 1. The quantitative estimate of drug-likeness (QED) is 0.843. The Morgan fingerprint density at radius 1 is 1.10 bits per heavy atom. The Balaban J connectivity index is 1.59. The van der Waals surface area contributed by atoms with Crippen molar-refractivity contribution >= 4 is 5.97 Å². The van der Waals surface area contributed by atoms with Crippen LogP contribution in [0, 0.1) is 17.8 Å². The Hall–Kier alpha value is -1.39. The maximum atomic E-state index is 11.8. The number of aromatic nitrogens is 3. The molecule has 1 heterocycles. The number of H-pyrrole nitrogens is 1. The van der Waals surface area contributed by atoms with E-state index >= 15 is 0 Å². The number of nitrogens with zero attached hydrogens (tertiary/aromatic N) is 2. The molecule has 0 radical (unpaired) electrons. The molecule has 0 amide bonds. The van der Waals surface area contributed by atoms with E-state index in [1.165, 1.54) is 38.5 Å². The lowest BCUT2D eigenvalue weighted by Gasteiger charge is -2.21. The molecule has 5 nitrogen and oxygen atoms in total. The second-order valence-electron chi connectivity index (χ2n) is 7.13. The molecule has 0 saturated heterocycles. The van der Waals surface area contributed by atoms with E-state index in [4.69, 9.17) is 0 Å². The number of aliphatic carboxylic acids is 1. The number of hydrogen-bond donors (Lipinski definition) is 2. The lowest BCUT2D eigenvalue weighted by Crippen LogP contribution is -2.26.